The van der Waals surface area contributed by atoms with Crippen molar-refractivity contribution in [1.82, 2.24) is 5.32 Å². The molecular formula is C17H18N2O2S. The molecule has 0 saturated carbocycles. The predicted octanol–water partition coefficient (Wildman–Crippen LogP) is 3.20. The molecule has 114 valence electrons. The highest BCUT2D eigenvalue weighted by Gasteiger charge is 2.22. The van der Waals surface area contributed by atoms with E-state index in [2.05, 4.69) is 10.6 Å². The Morgan fingerprint density at radius 3 is 2.36 bits per heavy atom. The number of benzene rings is 2. The number of hydrogen-bond donors (Lipinski definition) is 2. The lowest BCUT2D eigenvalue weighted by atomic mass is 10.1. The average molecular weight is 314 g/mol. The third-order valence-corrected chi connectivity index (χ3v) is 3.46. The Balaban J connectivity index is 2.12. The van der Waals surface area contributed by atoms with Crippen LogP contribution in [0.2, 0.25) is 0 Å². The Kier molecular flexibility index (Phi) is 5.49. The normalized spacial score (nSPS) is 11.4. The third kappa shape index (κ3) is 4.05. The third-order valence-electron chi connectivity index (χ3n) is 3.24. The number of anilines is 1. The molecular weight excluding hydrogens is 296 g/mol. The molecule has 0 aliphatic carbocycles. The number of hydrogen-bond acceptors (Lipinski definition) is 3. The fourth-order valence-electron chi connectivity index (χ4n) is 2.04. The minimum Gasteiger partial charge on any atom is -0.467 e. The van der Waals surface area contributed by atoms with Crippen molar-refractivity contribution in [3.63, 3.8) is 0 Å². The van der Waals surface area contributed by atoms with E-state index in [0.717, 1.165) is 16.8 Å². The van der Waals surface area contributed by atoms with Gasteiger partial charge in [-0.25, -0.2) is 4.79 Å². The lowest BCUT2D eigenvalue weighted by Crippen LogP contribution is -2.37. The Morgan fingerprint density at radius 1 is 1.09 bits per heavy atom. The topological polar surface area (TPSA) is 50.4 Å². The van der Waals surface area contributed by atoms with Crippen LogP contribution in [0.25, 0.3) is 0 Å². The molecule has 4 nitrogen and oxygen atoms in total. The van der Waals surface area contributed by atoms with E-state index in [-0.39, 0.29) is 5.97 Å². The monoisotopic (exact) mass is 314 g/mol. The van der Waals surface area contributed by atoms with Gasteiger partial charge in [0.2, 0.25) is 0 Å². The highest BCUT2D eigenvalue weighted by atomic mass is 32.1. The van der Waals surface area contributed by atoms with Gasteiger partial charge in [0.25, 0.3) is 0 Å². The van der Waals surface area contributed by atoms with Crippen LogP contribution in [0.3, 0.4) is 0 Å². The second kappa shape index (κ2) is 7.56. The van der Waals surface area contributed by atoms with Crippen LogP contribution in [-0.2, 0) is 9.53 Å². The largest absolute Gasteiger partial charge is 0.467 e. The molecule has 0 bridgehead atoms. The number of carbonyl (C=O) groups excluding carboxylic acids is 1. The first-order valence-corrected chi connectivity index (χ1v) is 7.28. The van der Waals surface area contributed by atoms with Crippen LogP contribution in [0.15, 0.2) is 54.6 Å². The van der Waals surface area contributed by atoms with Crippen molar-refractivity contribution in [2.75, 3.05) is 12.4 Å². The fraction of sp³-hybridized carbons (Fsp3) is 0.176. The summed E-state index contributed by atoms with van der Waals surface area (Å²) in [6.07, 6.45) is 0. The van der Waals surface area contributed by atoms with E-state index in [1.54, 1.807) is 0 Å². The van der Waals surface area contributed by atoms with Crippen molar-refractivity contribution in [1.29, 1.82) is 0 Å². The molecule has 0 heterocycles. The number of nitrogens with one attached hydrogen (secondary N) is 2. The first-order valence-electron chi connectivity index (χ1n) is 6.87. The molecule has 2 rings (SSSR count). The Bertz CT molecular complexity index is 659. The Labute approximate surface area is 135 Å². The predicted molar refractivity (Wildman–Crippen MR) is 91.7 cm³/mol. The van der Waals surface area contributed by atoms with Crippen molar-refractivity contribution in [3.05, 3.63) is 65.7 Å². The van der Waals surface area contributed by atoms with Crippen molar-refractivity contribution < 1.29 is 9.53 Å². The number of ether oxygens (including phenoxy) is 1. The van der Waals surface area contributed by atoms with Gasteiger partial charge in [-0.3, -0.25) is 0 Å². The minimum atomic E-state index is -0.643. The van der Waals surface area contributed by atoms with Gasteiger partial charge < -0.3 is 15.4 Å². The lowest BCUT2D eigenvalue weighted by Gasteiger charge is -2.19. The molecule has 0 saturated heterocycles. The van der Waals surface area contributed by atoms with Crippen molar-refractivity contribution in [3.8, 4) is 0 Å². The van der Waals surface area contributed by atoms with Gasteiger partial charge in [-0.2, -0.15) is 0 Å². The molecule has 1 unspecified atom stereocenters. The maximum absolute atomic E-state index is 12.0. The molecule has 0 aromatic heterocycles. The summed E-state index contributed by atoms with van der Waals surface area (Å²) in [4.78, 5) is 12.0. The molecule has 1 atom stereocenters. The van der Waals surface area contributed by atoms with Gasteiger partial charge in [-0.1, -0.05) is 48.5 Å². The number of carbonyl (C=O) groups is 1. The number of thiocarbonyl (C=S) groups is 1. The van der Waals surface area contributed by atoms with E-state index >= 15 is 0 Å². The van der Waals surface area contributed by atoms with E-state index in [4.69, 9.17) is 17.0 Å². The number of para-hydroxylation sites is 1. The molecule has 2 N–H and O–H groups in total. The van der Waals surface area contributed by atoms with Gasteiger partial charge in [0.1, 0.15) is 0 Å². The van der Waals surface area contributed by atoms with Crippen molar-refractivity contribution in [2.45, 2.75) is 13.0 Å². The van der Waals surface area contributed by atoms with Crippen LogP contribution >= 0.6 is 12.2 Å². The van der Waals surface area contributed by atoms with Crippen molar-refractivity contribution in [2.24, 2.45) is 0 Å². The first-order chi connectivity index (χ1) is 10.6. The molecule has 0 spiro atoms. The summed E-state index contributed by atoms with van der Waals surface area (Å²) in [6.45, 7) is 1.99. The summed E-state index contributed by atoms with van der Waals surface area (Å²) in [5.41, 5.74) is 2.76. The van der Waals surface area contributed by atoms with Crippen LogP contribution < -0.4 is 10.6 Å². The second-order valence-corrected chi connectivity index (χ2v) is 5.19. The quantitative estimate of drug-likeness (QED) is 0.670. The molecule has 0 aliphatic heterocycles. The zero-order valence-electron chi connectivity index (χ0n) is 12.5. The summed E-state index contributed by atoms with van der Waals surface area (Å²) in [5, 5.41) is 6.48. The molecule has 0 fully saturated rings. The van der Waals surface area contributed by atoms with E-state index in [0.29, 0.717) is 5.11 Å². The van der Waals surface area contributed by atoms with Crippen LogP contribution in [0.1, 0.15) is 17.2 Å². The SMILES string of the molecule is COC(=O)C(NC(=S)Nc1ccccc1C)c1ccccc1. The highest BCUT2D eigenvalue weighted by Crippen LogP contribution is 2.16. The first kappa shape index (κ1) is 16.0. The van der Waals surface area contributed by atoms with Gasteiger partial charge >= 0.3 is 5.97 Å². The second-order valence-electron chi connectivity index (χ2n) is 4.78. The molecule has 2 aromatic rings. The summed E-state index contributed by atoms with van der Waals surface area (Å²) >= 11 is 5.31. The average Bonchev–Trinajstić information content (AvgIpc) is 2.55. The summed E-state index contributed by atoms with van der Waals surface area (Å²) in [5.74, 6) is -0.389. The van der Waals surface area contributed by atoms with E-state index in [1.807, 2.05) is 61.5 Å². The van der Waals surface area contributed by atoms with Gasteiger partial charge in [0.05, 0.1) is 7.11 Å². The van der Waals surface area contributed by atoms with E-state index in [1.165, 1.54) is 7.11 Å². The Hall–Kier alpha value is -2.40. The van der Waals surface area contributed by atoms with Gasteiger partial charge in [0.15, 0.2) is 11.2 Å². The number of esters is 1. The zero-order chi connectivity index (χ0) is 15.9. The van der Waals surface area contributed by atoms with Gasteiger partial charge in [-0.15, -0.1) is 0 Å². The van der Waals surface area contributed by atoms with Crippen molar-refractivity contribution >= 4 is 29.0 Å². The van der Waals surface area contributed by atoms with Gasteiger partial charge in [0, 0.05) is 5.69 Å². The molecule has 0 amide bonds. The number of methoxy groups -OCH3 is 1. The summed E-state index contributed by atoms with van der Waals surface area (Å²) in [7, 11) is 1.36. The van der Waals surface area contributed by atoms with Crippen LogP contribution in [-0.4, -0.2) is 18.2 Å². The molecule has 22 heavy (non-hydrogen) atoms. The zero-order valence-corrected chi connectivity index (χ0v) is 13.3. The minimum absolute atomic E-state index is 0.369. The summed E-state index contributed by atoms with van der Waals surface area (Å²) < 4.78 is 4.85. The Morgan fingerprint density at radius 2 is 1.73 bits per heavy atom. The molecule has 0 aliphatic rings. The maximum Gasteiger partial charge on any atom is 0.333 e. The number of aryl methyl sites for hydroxylation is 1. The smallest absolute Gasteiger partial charge is 0.333 e. The lowest BCUT2D eigenvalue weighted by molar-refractivity contribution is -0.142. The molecule has 2 aromatic carbocycles. The fourth-order valence-corrected chi connectivity index (χ4v) is 2.27. The van der Waals surface area contributed by atoms with E-state index < -0.39 is 6.04 Å². The molecule has 0 radical (unpaired) electrons. The van der Waals surface area contributed by atoms with Crippen LogP contribution in [0, 0.1) is 6.92 Å². The molecule has 5 heteroatoms. The standard InChI is InChI=1S/C17H18N2O2S/c1-12-8-6-7-11-14(12)18-17(22)19-15(16(20)21-2)13-9-4-3-5-10-13/h3-11,15H,1-2H3,(H2,18,19,22). The highest BCUT2D eigenvalue weighted by molar-refractivity contribution is 7.80. The van der Waals surface area contributed by atoms with Gasteiger partial charge in [-0.05, 0) is 36.3 Å². The van der Waals surface area contributed by atoms with Crippen LogP contribution in [0.4, 0.5) is 5.69 Å². The number of rotatable bonds is 4. The summed E-state index contributed by atoms with van der Waals surface area (Å²) in [6, 6.07) is 16.5. The van der Waals surface area contributed by atoms with Crippen LogP contribution in [0.5, 0.6) is 0 Å². The van der Waals surface area contributed by atoms with E-state index in [9.17, 15) is 4.79 Å². The maximum atomic E-state index is 12.0.